The van der Waals surface area contributed by atoms with Crippen LogP contribution in [0, 0.1) is 11.3 Å². The van der Waals surface area contributed by atoms with Gasteiger partial charge in [0.25, 0.3) is 0 Å². The molecule has 15 heavy (non-hydrogen) atoms. The van der Waals surface area contributed by atoms with Gasteiger partial charge in [0.2, 0.25) is 0 Å². The van der Waals surface area contributed by atoms with Gasteiger partial charge in [0, 0.05) is 24.5 Å². The normalized spacial score (nSPS) is 21.8. The molecule has 1 rings (SSSR count). The van der Waals surface area contributed by atoms with E-state index in [4.69, 9.17) is 4.74 Å². The molecule has 1 heterocycles. The van der Waals surface area contributed by atoms with E-state index in [9.17, 15) is 0 Å². The number of hydrogen-bond donors (Lipinski definition) is 1. The van der Waals surface area contributed by atoms with Crippen molar-refractivity contribution in [2.45, 2.75) is 26.8 Å². The molecule has 0 aromatic heterocycles. The second kappa shape index (κ2) is 5.28. The first-order chi connectivity index (χ1) is 6.93. The van der Waals surface area contributed by atoms with E-state index in [0.717, 1.165) is 26.3 Å². The van der Waals surface area contributed by atoms with Crippen molar-refractivity contribution < 1.29 is 4.74 Å². The minimum atomic E-state index is 0.374. The average Bonchev–Trinajstić information content (AvgIpc) is 2.08. The SMILES string of the molecule is CC(C)C(CN(C)C)NCC1(C)COC1. The van der Waals surface area contributed by atoms with Crippen molar-refractivity contribution in [1.82, 2.24) is 10.2 Å². The van der Waals surface area contributed by atoms with Gasteiger partial charge in [0.15, 0.2) is 0 Å². The lowest BCUT2D eigenvalue weighted by molar-refractivity contribution is -0.101. The van der Waals surface area contributed by atoms with Gasteiger partial charge >= 0.3 is 0 Å². The lowest BCUT2D eigenvalue weighted by Crippen LogP contribution is -2.52. The minimum Gasteiger partial charge on any atom is -0.380 e. The lowest BCUT2D eigenvalue weighted by atomic mass is 9.88. The second-order valence-electron chi connectivity index (χ2n) is 5.80. The molecule has 1 aliphatic heterocycles. The first-order valence-electron chi connectivity index (χ1n) is 5.89. The van der Waals surface area contributed by atoms with Crippen LogP contribution in [0.15, 0.2) is 0 Å². The Balaban J connectivity index is 2.31. The predicted molar refractivity (Wildman–Crippen MR) is 64.1 cm³/mol. The maximum Gasteiger partial charge on any atom is 0.0554 e. The number of likely N-dealkylation sites (N-methyl/N-ethyl adjacent to an activating group) is 1. The Morgan fingerprint density at radius 3 is 2.27 bits per heavy atom. The van der Waals surface area contributed by atoms with E-state index >= 15 is 0 Å². The molecule has 0 aromatic rings. The Kier molecular flexibility index (Phi) is 4.56. The molecule has 90 valence electrons. The molecule has 0 aliphatic carbocycles. The molecule has 0 aromatic carbocycles. The molecule has 1 saturated heterocycles. The van der Waals surface area contributed by atoms with E-state index in [2.05, 4.69) is 45.1 Å². The third kappa shape index (κ3) is 4.09. The summed E-state index contributed by atoms with van der Waals surface area (Å²) in [6.07, 6.45) is 0. The molecule has 1 fully saturated rings. The summed E-state index contributed by atoms with van der Waals surface area (Å²) in [6, 6.07) is 0.581. The third-order valence-electron chi connectivity index (χ3n) is 3.06. The standard InChI is InChI=1S/C12H26N2O/c1-10(2)11(6-14(4)5)13-7-12(3)8-15-9-12/h10-11,13H,6-9H2,1-5H3. The first-order valence-corrected chi connectivity index (χ1v) is 5.89. The summed E-state index contributed by atoms with van der Waals surface area (Å²) >= 11 is 0. The van der Waals surface area contributed by atoms with Crippen LogP contribution in [0.1, 0.15) is 20.8 Å². The highest BCUT2D eigenvalue weighted by atomic mass is 16.5. The van der Waals surface area contributed by atoms with Crippen LogP contribution in [0.4, 0.5) is 0 Å². The van der Waals surface area contributed by atoms with Crippen molar-refractivity contribution >= 4 is 0 Å². The summed E-state index contributed by atoms with van der Waals surface area (Å²) in [4.78, 5) is 2.25. The summed E-state index contributed by atoms with van der Waals surface area (Å²) < 4.78 is 5.26. The fourth-order valence-corrected chi connectivity index (χ4v) is 1.83. The first kappa shape index (κ1) is 12.9. The third-order valence-corrected chi connectivity index (χ3v) is 3.06. The number of nitrogens with one attached hydrogen (secondary N) is 1. The molecular weight excluding hydrogens is 188 g/mol. The van der Waals surface area contributed by atoms with Crippen LogP contribution in [0.2, 0.25) is 0 Å². The molecule has 0 bridgehead atoms. The van der Waals surface area contributed by atoms with E-state index in [-0.39, 0.29) is 0 Å². The predicted octanol–water partition coefficient (Wildman–Crippen LogP) is 1.20. The van der Waals surface area contributed by atoms with Gasteiger partial charge in [-0.25, -0.2) is 0 Å². The van der Waals surface area contributed by atoms with Gasteiger partial charge in [-0.1, -0.05) is 20.8 Å². The summed E-state index contributed by atoms with van der Waals surface area (Å²) in [7, 11) is 4.26. The second-order valence-corrected chi connectivity index (χ2v) is 5.80. The zero-order valence-electron chi connectivity index (χ0n) is 10.8. The van der Waals surface area contributed by atoms with Crippen LogP contribution >= 0.6 is 0 Å². The van der Waals surface area contributed by atoms with Crippen molar-refractivity contribution in [3.05, 3.63) is 0 Å². The number of rotatable bonds is 6. The Labute approximate surface area is 94.2 Å². The van der Waals surface area contributed by atoms with E-state index in [1.807, 2.05) is 0 Å². The molecule has 1 unspecified atom stereocenters. The maximum atomic E-state index is 5.26. The Hall–Kier alpha value is -0.120. The van der Waals surface area contributed by atoms with Crippen LogP contribution in [0.5, 0.6) is 0 Å². The number of ether oxygens (including phenoxy) is 1. The van der Waals surface area contributed by atoms with E-state index in [1.54, 1.807) is 0 Å². The Morgan fingerprint density at radius 1 is 1.33 bits per heavy atom. The smallest absolute Gasteiger partial charge is 0.0554 e. The Morgan fingerprint density at radius 2 is 1.93 bits per heavy atom. The van der Waals surface area contributed by atoms with Gasteiger partial charge in [-0.2, -0.15) is 0 Å². The van der Waals surface area contributed by atoms with Crippen LogP contribution in [-0.2, 0) is 4.74 Å². The number of nitrogens with zero attached hydrogens (tertiary/aromatic N) is 1. The molecule has 1 N–H and O–H groups in total. The zero-order chi connectivity index (χ0) is 11.5. The maximum absolute atomic E-state index is 5.26. The van der Waals surface area contributed by atoms with Crippen molar-refractivity contribution in [3.63, 3.8) is 0 Å². The van der Waals surface area contributed by atoms with Crippen molar-refractivity contribution in [2.24, 2.45) is 11.3 Å². The van der Waals surface area contributed by atoms with Crippen molar-refractivity contribution in [2.75, 3.05) is 40.4 Å². The van der Waals surface area contributed by atoms with Gasteiger partial charge < -0.3 is 15.0 Å². The van der Waals surface area contributed by atoms with Crippen LogP contribution in [0.25, 0.3) is 0 Å². The Bertz CT molecular complexity index is 188. The van der Waals surface area contributed by atoms with Gasteiger partial charge in [-0.05, 0) is 20.0 Å². The van der Waals surface area contributed by atoms with Crippen LogP contribution < -0.4 is 5.32 Å². The monoisotopic (exact) mass is 214 g/mol. The molecule has 1 atom stereocenters. The lowest BCUT2D eigenvalue weighted by Gasteiger charge is -2.40. The van der Waals surface area contributed by atoms with Gasteiger partial charge in [-0.3, -0.25) is 0 Å². The topological polar surface area (TPSA) is 24.5 Å². The van der Waals surface area contributed by atoms with Gasteiger partial charge in [0.05, 0.1) is 13.2 Å². The summed E-state index contributed by atoms with van der Waals surface area (Å²) in [5.41, 5.74) is 0.374. The zero-order valence-corrected chi connectivity index (χ0v) is 10.8. The summed E-state index contributed by atoms with van der Waals surface area (Å²) in [6.45, 7) is 10.8. The number of hydrogen-bond acceptors (Lipinski definition) is 3. The van der Waals surface area contributed by atoms with E-state index in [1.165, 1.54) is 0 Å². The molecule has 0 saturated carbocycles. The fraction of sp³-hybridized carbons (Fsp3) is 1.00. The van der Waals surface area contributed by atoms with E-state index < -0.39 is 0 Å². The van der Waals surface area contributed by atoms with Gasteiger partial charge in [-0.15, -0.1) is 0 Å². The van der Waals surface area contributed by atoms with Crippen LogP contribution in [-0.4, -0.2) is 51.3 Å². The molecule has 0 radical (unpaired) electrons. The summed E-state index contributed by atoms with van der Waals surface area (Å²) in [5, 5.41) is 3.67. The highest BCUT2D eigenvalue weighted by molar-refractivity contribution is 4.85. The quantitative estimate of drug-likeness (QED) is 0.719. The molecule has 0 amide bonds. The molecule has 1 aliphatic rings. The molecule has 0 spiro atoms. The highest BCUT2D eigenvalue weighted by Crippen LogP contribution is 2.25. The molecule has 3 nitrogen and oxygen atoms in total. The van der Waals surface area contributed by atoms with E-state index in [0.29, 0.717) is 17.4 Å². The average molecular weight is 214 g/mol. The molecule has 3 heteroatoms. The van der Waals surface area contributed by atoms with Gasteiger partial charge in [0.1, 0.15) is 0 Å². The van der Waals surface area contributed by atoms with Crippen LogP contribution in [0.3, 0.4) is 0 Å². The summed E-state index contributed by atoms with van der Waals surface area (Å²) in [5.74, 6) is 0.678. The van der Waals surface area contributed by atoms with Crippen molar-refractivity contribution in [3.8, 4) is 0 Å². The highest BCUT2D eigenvalue weighted by Gasteiger charge is 2.33. The van der Waals surface area contributed by atoms with Crippen molar-refractivity contribution in [1.29, 1.82) is 0 Å². The minimum absolute atomic E-state index is 0.374. The molecular formula is C12H26N2O. The largest absolute Gasteiger partial charge is 0.380 e. The fourth-order valence-electron chi connectivity index (χ4n) is 1.83.